The molecular formula is C19H26N2O2. The second-order valence-electron chi connectivity index (χ2n) is 6.57. The molecular weight excluding hydrogens is 288 g/mol. The minimum absolute atomic E-state index is 0.107. The quantitative estimate of drug-likeness (QED) is 0.884. The molecule has 0 saturated heterocycles. The maximum absolute atomic E-state index is 12.5. The van der Waals surface area contributed by atoms with Gasteiger partial charge in [0.05, 0.1) is 18.2 Å². The number of aliphatic hydroxyl groups is 1. The standard InChI is InChI=1S/C19H26N2O2/c1-5-21(13-19(3,4)23)18(22)20-14(2)16-12-8-10-15-9-6-7-11-17(15)16/h6-12,14,23H,5,13H2,1-4H3,(H,20,22). The topological polar surface area (TPSA) is 52.6 Å². The Labute approximate surface area is 138 Å². The molecule has 0 spiro atoms. The summed E-state index contributed by atoms with van der Waals surface area (Å²) in [5.41, 5.74) is 0.187. The molecule has 2 rings (SSSR count). The summed E-state index contributed by atoms with van der Waals surface area (Å²) in [6.45, 7) is 8.16. The maximum Gasteiger partial charge on any atom is 0.317 e. The molecule has 1 unspecified atom stereocenters. The van der Waals surface area contributed by atoms with Crippen molar-refractivity contribution in [3.05, 3.63) is 48.0 Å². The van der Waals surface area contributed by atoms with Crippen LogP contribution in [0.5, 0.6) is 0 Å². The van der Waals surface area contributed by atoms with Crippen LogP contribution in [0.3, 0.4) is 0 Å². The van der Waals surface area contributed by atoms with Crippen LogP contribution < -0.4 is 5.32 Å². The summed E-state index contributed by atoms with van der Waals surface area (Å²) >= 11 is 0. The number of rotatable bonds is 5. The van der Waals surface area contributed by atoms with Crippen molar-refractivity contribution in [3.63, 3.8) is 0 Å². The zero-order valence-electron chi connectivity index (χ0n) is 14.3. The number of carbonyl (C=O) groups is 1. The van der Waals surface area contributed by atoms with Gasteiger partial charge in [-0.3, -0.25) is 0 Å². The molecule has 1 atom stereocenters. The largest absolute Gasteiger partial charge is 0.389 e. The van der Waals surface area contributed by atoms with Gasteiger partial charge in [-0.05, 0) is 44.0 Å². The van der Waals surface area contributed by atoms with E-state index in [2.05, 4.69) is 23.5 Å². The van der Waals surface area contributed by atoms with E-state index in [0.717, 1.165) is 16.3 Å². The summed E-state index contributed by atoms with van der Waals surface area (Å²) in [7, 11) is 0. The fourth-order valence-electron chi connectivity index (χ4n) is 2.78. The molecule has 23 heavy (non-hydrogen) atoms. The van der Waals surface area contributed by atoms with E-state index in [1.807, 2.05) is 38.1 Å². The van der Waals surface area contributed by atoms with Crippen molar-refractivity contribution in [2.24, 2.45) is 0 Å². The van der Waals surface area contributed by atoms with Crippen molar-refractivity contribution in [3.8, 4) is 0 Å². The van der Waals surface area contributed by atoms with Crippen molar-refractivity contribution in [2.45, 2.75) is 39.3 Å². The van der Waals surface area contributed by atoms with Gasteiger partial charge in [0.15, 0.2) is 0 Å². The van der Waals surface area contributed by atoms with Crippen LogP contribution in [0.15, 0.2) is 42.5 Å². The number of hydrogen-bond acceptors (Lipinski definition) is 2. The first-order valence-electron chi connectivity index (χ1n) is 8.07. The van der Waals surface area contributed by atoms with Gasteiger partial charge in [0, 0.05) is 6.54 Å². The molecule has 0 bridgehead atoms. The molecule has 0 heterocycles. The van der Waals surface area contributed by atoms with E-state index in [0.29, 0.717) is 13.1 Å². The zero-order valence-corrected chi connectivity index (χ0v) is 14.3. The maximum atomic E-state index is 12.5. The number of urea groups is 1. The SMILES string of the molecule is CCN(CC(C)(C)O)C(=O)NC(C)c1cccc2ccccc12. The Hall–Kier alpha value is -2.07. The van der Waals surface area contributed by atoms with Crippen LogP contribution in [0.25, 0.3) is 10.8 Å². The molecule has 0 fully saturated rings. The summed E-state index contributed by atoms with van der Waals surface area (Å²) in [5.74, 6) is 0. The van der Waals surface area contributed by atoms with Crippen molar-refractivity contribution in [1.82, 2.24) is 10.2 Å². The summed E-state index contributed by atoms with van der Waals surface area (Å²) in [6, 6.07) is 14.0. The minimum Gasteiger partial charge on any atom is -0.389 e. The highest BCUT2D eigenvalue weighted by Gasteiger charge is 2.22. The third kappa shape index (κ3) is 4.45. The van der Waals surface area contributed by atoms with Crippen LogP contribution in [-0.2, 0) is 0 Å². The molecule has 4 heteroatoms. The molecule has 2 aromatic carbocycles. The number of likely N-dealkylation sites (N-methyl/N-ethyl adjacent to an activating group) is 1. The average molecular weight is 314 g/mol. The van der Waals surface area contributed by atoms with Crippen LogP contribution in [0.2, 0.25) is 0 Å². The fourth-order valence-corrected chi connectivity index (χ4v) is 2.78. The lowest BCUT2D eigenvalue weighted by Crippen LogP contribution is -2.47. The first-order valence-corrected chi connectivity index (χ1v) is 8.07. The summed E-state index contributed by atoms with van der Waals surface area (Å²) in [5, 5.41) is 15.3. The predicted octanol–water partition coefficient (Wildman–Crippen LogP) is 3.70. The van der Waals surface area contributed by atoms with E-state index >= 15 is 0 Å². The van der Waals surface area contributed by atoms with Gasteiger partial charge in [0.1, 0.15) is 0 Å². The van der Waals surface area contributed by atoms with E-state index in [1.165, 1.54) is 0 Å². The Morgan fingerprint density at radius 3 is 2.52 bits per heavy atom. The summed E-state index contributed by atoms with van der Waals surface area (Å²) < 4.78 is 0. The van der Waals surface area contributed by atoms with E-state index in [4.69, 9.17) is 0 Å². The lowest BCUT2D eigenvalue weighted by Gasteiger charge is -2.29. The third-order valence-electron chi connectivity index (χ3n) is 3.88. The van der Waals surface area contributed by atoms with Crippen molar-refractivity contribution in [2.75, 3.05) is 13.1 Å². The molecule has 2 N–H and O–H groups in total. The molecule has 124 valence electrons. The monoisotopic (exact) mass is 314 g/mol. The van der Waals surface area contributed by atoms with Crippen LogP contribution in [0.4, 0.5) is 4.79 Å². The number of nitrogens with zero attached hydrogens (tertiary/aromatic N) is 1. The first kappa shape index (κ1) is 17.3. The normalized spacial score (nSPS) is 12.9. The minimum atomic E-state index is -0.907. The highest BCUT2D eigenvalue weighted by molar-refractivity contribution is 5.86. The van der Waals surface area contributed by atoms with Gasteiger partial charge in [0.25, 0.3) is 0 Å². The van der Waals surface area contributed by atoms with Gasteiger partial charge >= 0.3 is 6.03 Å². The number of hydrogen-bond donors (Lipinski definition) is 2. The molecule has 0 aliphatic carbocycles. The van der Waals surface area contributed by atoms with Crippen molar-refractivity contribution < 1.29 is 9.90 Å². The number of fused-ring (bicyclic) bond motifs is 1. The van der Waals surface area contributed by atoms with E-state index in [9.17, 15) is 9.90 Å². The Morgan fingerprint density at radius 1 is 1.22 bits per heavy atom. The van der Waals surface area contributed by atoms with Gasteiger partial charge in [-0.2, -0.15) is 0 Å². The van der Waals surface area contributed by atoms with Crippen molar-refractivity contribution >= 4 is 16.8 Å². The Balaban J connectivity index is 2.17. The Kier molecular flexibility index (Phi) is 5.26. The van der Waals surface area contributed by atoms with Gasteiger partial charge in [-0.1, -0.05) is 42.5 Å². The van der Waals surface area contributed by atoms with Crippen molar-refractivity contribution in [1.29, 1.82) is 0 Å². The number of amides is 2. The average Bonchev–Trinajstić information content (AvgIpc) is 2.51. The summed E-state index contributed by atoms with van der Waals surface area (Å²) in [6.07, 6.45) is 0. The Morgan fingerprint density at radius 2 is 1.87 bits per heavy atom. The molecule has 0 aliphatic rings. The van der Waals surface area contributed by atoms with E-state index in [-0.39, 0.29) is 12.1 Å². The molecule has 2 aromatic rings. The highest BCUT2D eigenvalue weighted by Crippen LogP contribution is 2.24. The number of benzene rings is 2. The van der Waals surface area contributed by atoms with E-state index in [1.54, 1.807) is 18.7 Å². The number of nitrogens with one attached hydrogen (secondary N) is 1. The van der Waals surface area contributed by atoms with Crippen LogP contribution in [0, 0.1) is 0 Å². The lowest BCUT2D eigenvalue weighted by molar-refractivity contribution is 0.0476. The molecule has 0 saturated carbocycles. The fraction of sp³-hybridized carbons (Fsp3) is 0.421. The molecule has 0 radical (unpaired) electrons. The molecule has 0 aliphatic heterocycles. The smallest absolute Gasteiger partial charge is 0.317 e. The van der Waals surface area contributed by atoms with Gasteiger partial charge in [-0.15, -0.1) is 0 Å². The molecule has 4 nitrogen and oxygen atoms in total. The summed E-state index contributed by atoms with van der Waals surface area (Å²) in [4.78, 5) is 14.1. The highest BCUT2D eigenvalue weighted by atomic mass is 16.3. The Bertz CT molecular complexity index is 671. The first-order chi connectivity index (χ1) is 10.8. The van der Waals surface area contributed by atoms with Gasteiger partial charge < -0.3 is 15.3 Å². The lowest BCUT2D eigenvalue weighted by atomic mass is 10.00. The predicted molar refractivity (Wildman–Crippen MR) is 94.4 cm³/mol. The van der Waals surface area contributed by atoms with Crippen LogP contribution in [0.1, 0.15) is 39.3 Å². The van der Waals surface area contributed by atoms with E-state index < -0.39 is 5.60 Å². The number of carbonyl (C=O) groups excluding carboxylic acids is 1. The third-order valence-corrected chi connectivity index (χ3v) is 3.88. The molecule has 2 amide bonds. The van der Waals surface area contributed by atoms with Gasteiger partial charge in [-0.25, -0.2) is 4.79 Å². The second kappa shape index (κ2) is 7.01. The zero-order chi connectivity index (χ0) is 17.0. The molecule has 0 aromatic heterocycles. The second-order valence-corrected chi connectivity index (χ2v) is 6.57. The van der Waals surface area contributed by atoms with Crippen LogP contribution in [-0.4, -0.2) is 34.7 Å². The van der Waals surface area contributed by atoms with Gasteiger partial charge in [0.2, 0.25) is 0 Å². The van der Waals surface area contributed by atoms with Crippen LogP contribution >= 0.6 is 0 Å².